The van der Waals surface area contributed by atoms with Crippen molar-refractivity contribution >= 4 is 0 Å². The van der Waals surface area contributed by atoms with Gasteiger partial charge in [0.15, 0.2) is 0 Å². The molecule has 0 bridgehead atoms. The van der Waals surface area contributed by atoms with Crippen LogP contribution in [0.15, 0.2) is 36.9 Å². The van der Waals surface area contributed by atoms with Gasteiger partial charge < -0.3 is 10.4 Å². The van der Waals surface area contributed by atoms with Crippen molar-refractivity contribution in [3.05, 3.63) is 42.5 Å². The van der Waals surface area contributed by atoms with Crippen molar-refractivity contribution in [1.29, 1.82) is 0 Å². The van der Waals surface area contributed by atoms with Gasteiger partial charge in [-0.05, 0) is 31.2 Å². The summed E-state index contributed by atoms with van der Waals surface area (Å²) in [6, 6.07) is 7.34. The number of hydrogen-bond donors (Lipinski definition) is 2. The molecular formula is C13H19NO. The van der Waals surface area contributed by atoms with E-state index < -0.39 is 0 Å². The predicted octanol–water partition coefficient (Wildman–Crippen LogP) is 2.35. The summed E-state index contributed by atoms with van der Waals surface area (Å²) in [7, 11) is 1.94. The Hall–Kier alpha value is -1.28. The number of nitrogens with one attached hydrogen (secondary N) is 1. The first-order valence-electron chi connectivity index (χ1n) is 5.16. The molecular weight excluding hydrogens is 186 g/mol. The molecule has 15 heavy (non-hydrogen) atoms. The van der Waals surface area contributed by atoms with Crippen LogP contribution in [0.25, 0.3) is 0 Å². The lowest BCUT2D eigenvalue weighted by Crippen LogP contribution is -2.29. The van der Waals surface area contributed by atoms with Crippen molar-refractivity contribution < 1.29 is 5.11 Å². The van der Waals surface area contributed by atoms with Crippen molar-refractivity contribution in [2.45, 2.75) is 13.3 Å². The summed E-state index contributed by atoms with van der Waals surface area (Å²) in [6.45, 7) is 6.95. The van der Waals surface area contributed by atoms with Gasteiger partial charge in [-0.2, -0.15) is 0 Å². The van der Waals surface area contributed by atoms with E-state index in [1.165, 1.54) is 5.56 Å². The van der Waals surface area contributed by atoms with Crippen LogP contribution in [0.3, 0.4) is 0 Å². The number of hydrogen-bond acceptors (Lipinski definition) is 2. The molecule has 0 aromatic heterocycles. The Morgan fingerprint density at radius 3 is 2.47 bits per heavy atom. The Kier molecular flexibility index (Phi) is 3.92. The molecule has 1 aromatic carbocycles. The highest BCUT2D eigenvalue weighted by Crippen LogP contribution is 2.23. The highest BCUT2D eigenvalue weighted by molar-refractivity contribution is 5.27. The average molecular weight is 205 g/mol. The predicted molar refractivity (Wildman–Crippen MR) is 64.0 cm³/mol. The third kappa shape index (κ3) is 3.40. The topological polar surface area (TPSA) is 32.3 Å². The largest absolute Gasteiger partial charge is 0.508 e. The number of benzene rings is 1. The minimum atomic E-state index is 0.0612. The lowest BCUT2D eigenvalue weighted by molar-refractivity contribution is 0.406. The fourth-order valence-electron chi connectivity index (χ4n) is 1.69. The maximum absolute atomic E-state index is 9.18. The smallest absolute Gasteiger partial charge is 0.115 e. The van der Waals surface area contributed by atoms with E-state index >= 15 is 0 Å². The fourth-order valence-corrected chi connectivity index (χ4v) is 1.69. The van der Waals surface area contributed by atoms with Gasteiger partial charge in [-0.1, -0.05) is 25.1 Å². The molecule has 0 radical (unpaired) electrons. The van der Waals surface area contributed by atoms with E-state index in [1.54, 1.807) is 12.1 Å². The van der Waals surface area contributed by atoms with E-state index in [9.17, 15) is 5.11 Å². The third-order valence-corrected chi connectivity index (χ3v) is 2.62. The molecule has 0 heterocycles. The van der Waals surface area contributed by atoms with Crippen molar-refractivity contribution in [2.24, 2.45) is 5.41 Å². The van der Waals surface area contributed by atoms with Crippen molar-refractivity contribution in [3.8, 4) is 5.75 Å². The van der Waals surface area contributed by atoms with Crippen LogP contribution in [-0.4, -0.2) is 18.7 Å². The SMILES string of the molecule is C=CC(C)(CNC)Cc1ccc(O)cc1. The molecule has 1 rings (SSSR count). The first kappa shape index (κ1) is 11.8. The maximum atomic E-state index is 9.18. The van der Waals surface area contributed by atoms with Gasteiger partial charge in [0.1, 0.15) is 5.75 Å². The molecule has 0 aliphatic rings. The average Bonchev–Trinajstić information content (AvgIpc) is 2.22. The molecule has 2 heteroatoms. The summed E-state index contributed by atoms with van der Waals surface area (Å²) in [5, 5.41) is 12.4. The molecule has 0 amide bonds. The van der Waals surface area contributed by atoms with E-state index in [0.29, 0.717) is 5.75 Å². The second kappa shape index (κ2) is 4.99. The fraction of sp³-hybridized carbons (Fsp3) is 0.385. The van der Waals surface area contributed by atoms with Crippen LogP contribution in [0.4, 0.5) is 0 Å². The number of rotatable bonds is 5. The van der Waals surface area contributed by atoms with E-state index in [-0.39, 0.29) is 5.41 Å². The molecule has 82 valence electrons. The molecule has 0 saturated carbocycles. The lowest BCUT2D eigenvalue weighted by Gasteiger charge is -2.25. The van der Waals surface area contributed by atoms with Gasteiger partial charge in [-0.3, -0.25) is 0 Å². The molecule has 0 aliphatic carbocycles. The monoisotopic (exact) mass is 205 g/mol. The highest BCUT2D eigenvalue weighted by Gasteiger charge is 2.19. The van der Waals surface area contributed by atoms with E-state index in [2.05, 4.69) is 18.8 Å². The van der Waals surface area contributed by atoms with Crippen molar-refractivity contribution in [3.63, 3.8) is 0 Å². The van der Waals surface area contributed by atoms with Crippen LogP contribution in [0.1, 0.15) is 12.5 Å². The van der Waals surface area contributed by atoms with Gasteiger partial charge in [0.05, 0.1) is 0 Å². The Bertz CT molecular complexity index is 318. The number of phenolic OH excluding ortho intramolecular Hbond substituents is 1. The second-order valence-electron chi connectivity index (χ2n) is 4.23. The number of phenols is 1. The van der Waals surface area contributed by atoms with Gasteiger partial charge >= 0.3 is 0 Å². The Morgan fingerprint density at radius 1 is 1.40 bits per heavy atom. The van der Waals surface area contributed by atoms with Crippen LogP contribution in [0.2, 0.25) is 0 Å². The van der Waals surface area contributed by atoms with Crippen LogP contribution >= 0.6 is 0 Å². The summed E-state index contributed by atoms with van der Waals surface area (Å²) in [5.74, 6) is 0.313. The number of aromatic hydroxyl groups is 1. The quantitative estimate of drug-likeness (QED) is 0.723. The lowest BCUT2D eigenvalue weighted by atomic mass is 9.83. The summed E-state index contributed by atoms with van der Waals surface area (Å²) >= 11 is 0. The van der Waals surface area contributed by atoms with Gasteiger partial charge in [-0.15, -0.1) is 6.58 Å². The molecule has 0 aliphatic heterocycles. The normalized spacial score (nSPS) is 14.5. The third-order valence-electron chi connectivity index (χ3n) is 2.62. The molecule has 2 N–H and O–H groups in total. The van der Waals surface area contributed by atoms with Gasteiger partial charge in [0, 0.05) is 12.0 Å². The van der Waals surface area contributed by atoms with E-state index in [0.717, 1.165) is 13.0 Å². The van der Waals surface area contributed by atoms with Crippen LogP contribution in [0.5, 0.6) is 5.75 Å². The zero-order chi connectivity index (χ0) is 11.3. The summed E-state index contributed by atoms with van der Waals surface area (Å²) in [4.78, 5) is 0. The van der Waals surface area contributed by atoms with E-state index in [4.69, 9.17) is 0 Å². The molecule has 1 aromatic rings. The molecule has 0 saturated heterocycles. The zero-order valence-electron chi connectivity index (χ0n) is 9.46. The Labute approximate surface area is 91.6 Å². The Morgan fingerprint density at radius 2 is 2.00 bits per heavy atom. The molecule has 0 spiro atoms. The van der Waals surface area contributed by atoms with Crippen molar-refractivity contribution in [2.75, 3.05) is 13.6 Å². The highest BCUT2D eigenvalue weighted by atomic mass is 16.3. The molecule has 0 fully saturated rings. The molecule has 1 unspecified atom stereocenters. The molecule has 1 atom stereocenters. The molecule has 2 nitrogen and oxygen atoms in total. The second-order valence-corrected chi connectivity index (χ2v) is 4.23. The van der Waals surface area contributed by atoms with Gasteiger partial charge in [0.2, 0.25) is 0 Å². The minimum absolute atomic E-state index is 0.0612. The first-order valence-corrected chi connectivity index (χ1v) is 5.16. The van der Waals surface area contributed by atoms with Crippen LogP contribution in [-0.2, 0) is 6.42 Å². The maximum Gasteiger partial charge on any atom is 0.115 e. The zero-order valence-corrected chi connectivity index (χ0v) is 9.46. The van der Waals surface area contributed by atoms with Gasteiger partial charge in [0.25, 0.3) is 0 Å². The van der Waals surface area contributed by atoms with Crippen molar-refractivity contribution in [1.82, 2.24) is 5.32 Å². The van der Waals surface area contributed by atoms with Gasteiger partial charge in [-0.25, -0.2) is 0 Å². The Balaban J connectivity index is 2.74. The standard InChI is InChI=1S/C13H19NO/c1-4-13(2,10-14-3)9-11-5-7-12(15)8-6-11/h4-8,14-15H,1,9-10H2,2-3H3. The van der Waals surface area contributed by atoms with Crippen LogP contribution in [0, 0.1) is 5.41 Å². The summed E-state index contributed by atoms with van der Waals surface area (Å²) in [5.41, 5.74) is 1.27. The summed E-state index contributed by atoms with van der Waals surface area (Å²) in [6.07, 6.45) is 2.91. The van der Waals surface area contributed by atoms with Crippen LogP contribution < -0.4 is 5.32 Å². The summed E-state index contributed by atoms with van der Waals surface area (Å²) < 4.78 is 0. The van der Waals surface area contributed by atoms with E-state index in [1.807, 2.05) is 25.3 Å². The minimum Gasteiger partial charge on any atom is -0.508 e. The first-order chi connectivity index (χ1) is 7.09.